The third-order valence-electron chi connectivity index (χ3n) is 5.87. The number of nitrogens with zero attached hydrogens (tertiary/aromatic N) is 4. The van der Waals surface area contributed by atoms with Crippen molar-refractivity contribution in [3.05, 3.63) is 33.4 Å². The molecule has 0 aliphatic carbocycles. The lowest BCUT2D eigenvalue weighted by Gasteiger charge is -2.35. The highest BCUT2D eigenvalue weighted by atomic mass is 16.2. The van der Waals surface area contributed by atoms with Gasteiger partial charge in [-0.05, 0) is 25.7 Å². The minimum Gasteiger partial charge on any atom is -0.338 e. The Labute approximate surface area is 163 Å². The number of carbonyl (C=O) groups is 2. The summed E-state index contributed by atoms with van der Waals surface area (Å²) in [5.74, 6) is 0.136. The molecular weight excluding hydrogens is 358 g/mol. The van der Waals surface area contributed by atoms with Crippen LogP contribution in [-0.2, 0) is 22.6 Å². The van der Waals surface area contributed by atoms with Gasteiger partial charge in [0.1, 0.15) is 0 Å². The second-order valence-corrected chi connectivity index (χ2v) is 7.79. The molecule has 2 aliphatic rings. The van der Waals surface area contributed by atoms with E-state index in [0.29, 0.717) is 37.1 Å². The van der Waals surface area contributed by atoms with Crippen LogP contribution in [0.5, 0.6) is 0 Å². The van der Waals surface area contributed by atoms with Gasteiger partial charge in [-0.15, -0.1) is 0 Å². The molecule has 0 unspecified atom stereocenters. The molecule has 0 radical (unpaired) electrons. The molecule has 2 aliphatic heterocycles. The summed E-state index contributed by atoms with van der Waals surface area (Å²) in [6.07, 6.45) is 4.92. The van der Waals surface area contributed by atoms with E-state index in [1.165, 1.54) is 11.4 Å². The molecule has 4 heterocycles. The molecule has 2 amide bonds. The van der Waals surface area contributed by atoms with E-state index >= 15 is 0 Å². The summed E-state index contributed by atoms with van der Waals surface area (Å²) in [7, 11) is 0. The molecule has 4 rings (SSSR count). The maximum Gasteiger partial charge on any atom is 0.277 e. The normalized spacial score (nSPS) is 19.7. The van der Waals surface area contributed by atoms with Crippen molar-refractivity contribution in [2.75, 3.05) is 13.1 Å². The SMILES string of the molecule is CCCC(=O)N1CCCC[C@H]1c1cc2nc3c(c(=O)n2[nH]1)CN(C(C)=O)CC3. The maximum absolute atomic E-state index is 13.0. The Balaban J connectivity index is 1.72. The molecule has 28 heavy (non-hydrogen) atoms. The Bertz CT molecular complexity index is 976. The smallest absolute Gasteiger partial charge is 0.277 e. The van der Waals surface area contributed by atoms with Gasteiger partial charge in [0.25, 0.3) is 5.56 Å². The summed E-state index contributed by atoms with van der Waals surface area (Å²) in [5.41, 5.74) is 2.65. The molecule has 0 bridgehead atoms. The second kappa shape index (κ2) is 7.41. The van der Waals surface area contributed by atoms with E-state index in [-0.39, 0.29) is 23.4 Å². The lowest BCUT2D eigenvalue weighted by Crippen LogP contribution is -2.39. The van der Waals surface area contributed by atoms with Gasteiger partial charge >= 0.3 is 0 Å². The van der Waals surface area contributed by atoms with Gasteiger partial charge in [-0.3, -0.25) is 19.5 Å². The molecule has 0 spiro atoms. The minimum absolute atomic E-state index is 0.0328. The first-order chi connectivity index (χ1) is 13.5. The number of likely N-dealkylation sites (tertiary alicyclic amines) is 1. The fourth-order valence-electron chi connectivity index (χ4n) is 4.35. The predicted octanol–water partition coefficient (Wildman–Crippen LogP) is 1.78. The Morgan fingerprint density at radius 1 is 1.29 bits per heavy atom. The Morgan fingerprint density at radius 3 is 2.86 bits per heavy atom. The van der Waals surface area contributed by atoms with Gasteiger partial charge in [0.15, 0.2) is 5.65 Å². The molecule has 2 aromatic heterocycles. The van der Waals surface area contributed by atoms with E-state index in [0.717, 1.165) is 43.6 Å². The summed E-state index contributed by atoms with van der Waals surface area (Å²) in [5, 5.41) is 3.20. The van der Waals surface area contributed by atoms with Gasteiger partial charge in [-0.1, -0.05) is 6.92 Å². The first-order valence-electron chi connectivity index (χ1n) is 10.2. The lowest BCUT2D eigenvalue weighted by atomic mass is 9.98. The number of H-pyrrole nitrogens is 1. The number of aromatic nitrogens is 3. The van der Waals surface area contributed by atoms with Gasteiger partial charge in [0, 0.05) is 38.9 Å². The first kappa shape index (κ1) is 18.7. The minimum atomic E-state index is -0.153. The Hall–Kier alpha value is -2.64. The van der Waals surface area contributed by atoms with Crippen molar-refractivity contribution < 1.29 is 9.59 Å². The van der Waals surface area contributed by atoms with Crippen LogP contribution in [0.2, 0.25) is 0 Å². The van der Waals surface area contributed by atoms with Gasteiger partial charge in [-0.2, -0.15) is 0 Å². The number of carbonyl (C=O) groups excluding carboxylic acids is 2. The van der Waals surface area contributed by atoms with Crippen LogP contribution >= 0.6 is 0 Å². The molecule has 8 nitrogen and oxygen atoms in total. The van der Waals surface area contributed by atoms with Gasteiger partial charge in [-0.25, -0.2) is 9.50 Å². The van der Waals surface area contributed by atoms with E-state index in [1.54, 1.807) is 4.90 Å². The molecule has 8 heteroatoms. The number of hydrogen-bond acceptors (Lipinski definition) is 4. The first-order valence-corrected chi connectivity index (χ1v) is 10.2. The van der Waals surface area contributed by atoms with Gasteiger partial charge < -0.3 is 9.80 Å². The third kappa shape index (κ3) is 3.21. The maximum atomic E-state index is 13.0. The lowest BCUT2D eigenvalue weighted by molar-refractivity contribution is -0.135. The summed E-state index contributed by atoms with van der Waals surface area (Å²) in [6.45, 7) is 5.18. The van der Waals surface area contributed by atoms with E-state index in [9.17, 15) is 14.4 Å². The summed E-state index contributed by atoms with van der Waals surface area (Å²) in [6, 6.07) is 1.86. The zero-order valence-corrected chi connectivity index (χ0v) is 16.5. The van der Waals surface area contributed by atoms with Crippen LogP contribution in [0.25, 0.3) is 5.65 Å². The van der Waals surface area contributed by atoms with Crippen molar-refractivity contribution in [3.8, 4) is 0 Å². The topological polar surface area (TPSA) is 90.8 Å². The highest BCUT2D eigenvalue weighted by Gasteiger charge is 2.30. The fourth-order valence-corrected chi connectivity index (χ4v) is 4.35. The Morgan fingerprint density at radius 2 is 2.11 bits per heavy atom. The van der Waals surface area contributed by atoms with Crippen LogP contribution in [0.4, 0.5) is 0 Å². The highest BCUT2D eigenvalue weighted by molar-refractivity contribution is 5.76. The molecule has 0 saturated carbocycles. The second-order valence-electron chi connectivity index (χ2n) is 7.79. The molecule has 0 aromatic carbocycles. The van der Waals surface area contributed by atoms with Gasteiger partial charge in [0.05, 0.1) is 29.5 Å². The predicted molar refractivity (Wildman–Crippen MR) is 104 cm³/mol. The van der Waals surface area contributed by atoms with Crippen LogP contribution in [0, 0.1) is 0 Å². The van der Waals surface area contributed by atoms with Crippen molar-refractivity contribution in [3.63, 3.8) is 0 Å². The standard InChI is InChI=1S/C20H27N5O3/c1-3-6-19(27)24-9-5-4-7-17(24)16-11-18-21-15-8-10-23(13(2)26)12-14(15)20(28)25(18)22-16/h11,17,22H,3-10,12H2,1-2H3/t17-/m0/s1. The molecule has 1 N–H and O–H groups in total. The number of nitrogens with one attached hydrogen (secondary N) is 1. The summed E-state index contributed by atoms with van der Waals surface area (Å²) >= 11 is 0. The number of hydrogen-bond donors (Lipinski definition) is 1. The molecule has 1 fully saturated rings. The van der Waals surface area contributed by atoms with E-state index < -0.39 is 0 Å². The average Bonchev–Trinajstić information content (AvgIpc) is 3.12. The van der Waals surface area contributed by atoms with E-state index in [2.05, 4.69) is 10.1 Å². The van der Waals surface area contributed by atoms with Crippen LogP contribution in [0.3, 0.4) is 0 Å². The van der Waals surface area contributed by atoms with E-state index in [1.807, 2.05) is 17.9 Å². The summed E-state index contributed by atoms with van der Waals surface area (Å²) < 4.78 is 1.47. The molecular formula is C20H27N5O3. The van der Waals surface area contributed by atoms with Crippen molar-refractivity contribution >= 4 is 17.5 Å². The van der Waals surface area contributed by atoms with Crippen LogP contribution < -0.4 is 5.56 Å². The monoisotopic (exact) mass is 385 g/mol. The van der Waals surface area contributed by atoms with Crippen molar-refractivity contribution in [2.24, 2.45) is 0 Å². The number of piperidine rings is 1. The molecule has 1 saturated heterocycles. The zero-order chi connectivity index (χ0) is 19.8. The van der Waals surface area contributed by atoms with Crippen molar-refractivity contribution in [1.29, 1.82) is 0 Å². The van der Waals surface area contributed by atoms with Crippen molar-refractivity contribution in [1.82, 2.24) is 24.4 Å². The van der Waals surface area contributed by atoms with Crippen LogP contribution in [-0.4, -0.2) is 49.3 Å². The fraction of sp³-hybridized carbons (Fsp3) is 0.600. The van der Waals surface area contributed by atoms with E-state index in [4.69, 9.17) is 0 Å². The largest absolute Gasteiger partial charge is 0.338 e. The average molecular weight is 385 g/mol. The summed E-state index contributed by atoms with van der Waals surface area (Å²) in [4.78, 5) is 45.6. The number of amides is 2. The molecule has 1 atom stereocenters. The highest BCUT2D eigenvalue weighted by Crippen LogP contribution is 2.31. The van der Waals surface area contributed by atoms with Crippen molar-refractivity contribution in [2.45, 2.75) is 65.0 Å². The van der Waals surface area contributed by atoms with Crippen LogP contribution in [0.1, 0.15) is 68.9 Å². The number of rotatable bonds is 3. The zero-order valence-electron chi connectivity index (χ0n) is 16.5. The molecule has 2 aromatic rings. The quantitative estimate of drug-likeness (QED) is 0.872. The number of fused-ring (bicyclic) bond motifs is 2. The van der Waals surface area contributed by atoms with Gasteiger partial charge in [0.2, 0.25) is 11.8 Å². The Kier molecular flexibility index (Phi) is 4.95. The number of aromatic amines is 1. The van der Waals surface area contributed by atoms with Crippen LogP contribution in [0.15, 0.2) is 10.9 Å². The molecule has 150 valence electrons. The third-order valence-corrected chi connectivity index (χ3v) is 5.87.